The average molecular weight is 396 g/mol. The number of anilines is 1. The number of piperazine rings is 1. The minimum Gasteiger partial charge on any atom is -0.463 e. The zero-order valence-corrected chi connectivity index (χ0v) is 16.5. The van der Waals surface area contributed by atoms with Crippen LogP contribution in [0.15, 0.2) is 39.7 Å². The van der Waals surface area contributed by atoms with Gasteiger partial charge in [0.25, 0.3) is 0 Å². The molecular weight excluding hydrogens is 376 g/mol. The second-order valence-corrected chi connectivity index (χ2v) is 7.93. The largest absolute Gasteiger partial charge is 0.463 e. The van der Waals surface area contributed by atoms with E-state index in [0.717, 1.165) is 15.7 Å². The molecule has 0 atom stereocenters. The van der Waals surface area contributed by atoms with Crippen molar-refractivity contribution >= 4 is 39.4 Å². The van der Waals surface area contributed by atoms with Crippen molar-refractivity contribution in [3.05, 3.63) is 56.9 Å². The van der Waals surface area contributed by atoms with E-state index in [0.29, 0.717) is 42.7 Å². The minimum absolute atomic E-state index is 0.114. The summed E-state index contributed by atoms with van der Waals surface area (Å²) in [7, 11) is 0. The first-order chi connectivity index (χ1) is 13.5. The molecule has 1 aliphatic rings. The van der Waals surface area contributed by atoms with Gasteiger partial charge in [0, 0.05) is 32.3 Å². The molecule has 0 aliphatic carbocycles. The van der Waals surface area contributed by atoms with Gasteiger partial charge in [0.15, 0.2) is 5.43 Å². The van der Waals surface area contributed by atoms with Crippen LogP contribution in [0.3, 0.4) is 0 Å². The van der Waals surface area contributed by atoms with Crippen molar-refractivity contribution in [1.29, 1.82) is 0 Å². The number of aromatic nitrogens is 2. The Morgan fingerprint density at radius 1 is 1.18 bits per heavy atom. The maximum Gasteiger partial charge on any atom is 0.246 e. The van der Waals surface area contributed by atoms with Crippen LogP contribution in [-0.2, 0) is 4.79 Å². The van der Waals surface area contributed by atoms with E-state index in [-0.39, 0.29) is 11.3 Å². The first-order valence-corrected chi connectivity index (χ1v) is 9.87. The molecule has 1 aromatic carbocycles. The van der Waals surface area contributed by atoms with Crippen LogP contribution in [0.1, 0.15) is 16.1 Å². The van der Waals surface area contributed by atoms with Crippen LogP contribution >= 0.6 is 11.3 Å². The maximum absolute atomic E-state index is 12.6. The Kier molecular flexibility index (Phi) is 4.95. The Balaban J connectivity index is 1.44. The van der Waals surface area contributed by atoms with Gasteiger partial charge >= 0.3 is 0 Å². The summed E-state index contributed by atoms with van der Waals surface area (Å²) in [5.41, 5.74) is 1.77. The van der Waals surface area contributed by atoms with Gasteiger partial charge in [-0.05, 0) is 32.1 Å². The monoisotopic (exact) mass is 396 g/mol. The zero-order valence-electron chi connectivity index (χ0n) is 15.7. The van der Waals surface area contributed by atoms with E-state index in [1.54, 1.807) is 28.4 Å². The molecule has 1 amide bonds. The zero-order chi connectivity index (χ0) is 19.7. The number of fused-ring (bicyclic) bond motifs is 1. The molecule has 3 aromatic rings. The van der Waals surface area contributed by atoms with Crippen LogP contribution < -0.4 is 10.3 Å². The molecule has 4 rings (SSSR count). The van der Waals surface area contributed by atoms with E-state index < -0.39 is 0 Å². The third kappa shape index (κ3) is 3.68. The highest BCUT2D eigenvalue weighted by molar-refractivity contribution is 7.15. The molecule has 28 heavy (non-hydrogen) atoms. The molecule has 1 saturated heterocycles. The number of hydrogen-bond acceptors (Lipinski definition) is 7. The predicted octanol–water partition coefficient (Wildman–Crippen LogP) is 2.62. The van der Waals surface area contributed by atoms with Gasteiger partial charge < -0.3 is 14.2 Å². The molecule has 0 radical (unpaired) electrons. The van der Waals surface area contributed by atoms with Crippen LogP contribution in [0.5, 0.6) is 0 Å². The highest BCUT2D eigenvalue weighted by atomic mass is 32.1. The lowest BCUT2D eigenvalue weighted by Crippen LogP contribution is -2.48. The third-order valence-corrected chi connectivity index (χ3v) is 5.64. The lowest BCUT2D eigenvalue weighted by molar-refractivity contribution is -0.126. The van der Waals surface area contributed by atoms with Gasteiger partial charge in [-0.25, -0.2) is 0 Å². The fourth-order valence-corrected chi connectivity index (χ4v) is 3.91. The van der Waals surface area contributed by atoms with Gasteiger partial charge in [-0.15, -0.1) is 10.2 Å². The number of hydrogen-bond donors (Lipinski definition) is 0. The van der Waals surface area contributed by atoms with Gasteiger partial charge in [-0.3, -0.25) is 9.59 Å². The summed E-state index contributed by atoms with van der Waals surface area (Å²) in [6.07, 6.45) is 4.38. The molecule has 1 aliphatic heterocycles. The number of benzene rings is 1. The standard InChI is InChI=1S/C20H20N4O3S/c1-13-3-5-17-16(11-13)19(26)15(12-27-17)4-6-18(25)23-7-9-24(10-8-23)20-22-21-14(2)28-20/h3-6,11-12H,7-10H2,1-2H3/b6-4+. The molecule has 8 heteroatoms. The Morgan fingerprint density at radius 2 is 1.96 bits per heavy atom. The van der Waals surface area contributed by atoms with E-state index in [1.807, 2.05) is 19.9 Å². The van der Waals surface area contributed by atoms with Crippen LogP contribution in [0, 0.1) is 13.8 Å². The number of rotatable bonds is 3. The lowest BCUT2D eigenvalue weighted by Gasteiger charge is -2.33. The normalized spacial score (nSPS) is 14.9. The smallest absolute Gasteiger partial charge is 0.246 e. The second-order valence-electron chi connectivity index (χ2n) is 6.77. The van der Waals surface area contributed by atoms with E-state index in [1.165, 1.54) is 18.4 Å². The summed E-state index contributed by atoms with van der Waals surface area (Å²) in [4.78, 5) is 29.0. The fraction of sp³-hybridized carbons (Fsp3) is 0.300. The number of aryl methyl sites for hydroxylation is 2. The minimum atomic E-state index is -0.134. The van der Waals surface area contributed by atoms with Crippen molar-refractivity contribution in [2.75, 3.05) is 31.1 Å². The molecule has 3 heterocycles. The van der Waals surface area contributed by atoms with Crippen LogP contribution in [-0.4, -0.2) is 47.2 Å². The van der Waals surface area contributed by atoms with Crippen molar-refractivity contribution in [1.82, 2.24) is 15.1 Å². The van der Waals surface area contributed by atoms with Gasteiger partial charge in [0.05, 0.1) is 10.9 Å². The van der Waals surface area contributed by atoms with Crippen molar-refractivity contribution < 1.29 is 9.21 Å². The highest BCUT2D eigenvalue weighted by Crippen LogP contribution is 2.21. The summed E-state index contributed by atoms with van der Waals surface area (Å²) in [5.74, 6) is -0.114. The van der Waals surface area contributed by atoms with Crippen molar-refractivity contribution in [2.45, 2.75) is 13.8 Å². The Morgan fingerprint density at radius 3 is 2.68 bits per heavy atom. The number of carbonyl (C=O) groups is 1. The molecule has 1 fully saturated rings. The van der Waals surface area contributed by atoms with Crippen molar-refractivity contribution in [3.63, 3.8) is 0 Å². The molecule has 0 bridgehead atoms. The van der Waals surface area contributed by atoms with Gasteiger partial charge in [0.1, 0.15) is 16.9 Å². The van der Waals surface area contributed by atoms with Crippen LogP contribution in [0.25, 0.3) is 17.0 Å². The molecular formula is C20H20N4O3S. The van der Waals surface area contributed by atoms with Crippen molar-refractivity contribution in [2.24, 2.45) is 0 Å². The topological polar surface area (TPSA) is 79.5 Å². The van der Waals surface area contributed by atoms with Gasteiger partial charge in [-0.2, -0.15) is 0 Å². The molecule has 0 spiro atoms. The summed E-state index contributed by atoms with van der Waals surface area (Å²) in [6.45, 7) is 6.49. The maximum atomic E-state index is 12.6. The molecule has 0 saturated carbocycles. The molecule has 0 unspecified atom stereocenters. The average Bonchev–Trinajstić information content (AvgIpc) is 3.14. The number of nitrogens with zero attached hydrogens (tertiary/aromatic N) is 4. The number of carbonyl (C=O) groups excluding carboxylic acids is 1. The van der Waals surface area contributed by atoms with Crippen LogP contribution in [0.2, 0.25) is 0 Å². The van der Waals surface area contributed by atoms with E-state index in [2.05, 4.69) is 15.1 Å². The second kappa shape index (κ2) is 7.55. The summed E-state index contributed by atoms with van der Waals surface area (Å²) in [6, 6.07) is 5.48. The van der Waals surface area contributed by atoms with Crippen molar-refractivity contribution in [3.8, 4) is 0 Å². The molecule has 0 N–H and O–H groups in total. The van der Waals surface area contributed by atoms with Crippen LogP contribution in [0.4, 0.5) is 5.13 Å². The first kappa shape index (κ1) is 18.4. The Labute approximate surface area is 165 Å². The van der Waals surface area contributed by atoms with Gasteiger partial charge in [0.2, 0.25) is 11.0 Å². The number of amides is 1. The lowest BCUT2D eigenvalue weighted by atomic mass is 10.1. The third-order valence-electron chi connectivity index (χ3n) is 4.74. The molecule has 2 aromatic heterocycles. The SMILES string of the molecule is Cc1ccc2occ(/C=C/C(=O)N3CCN(c4nnc(C)s4)CC3)c(=O)c2c1. The molecule has 7 nitrogen and oxygen atoms in total. The first-order valence-electron chi connectivity index (χ1n) is 9.05. The Hall–Kier alpha value is -3.00. The van der Waals surface area contributed by atoms with E-state index >= 15 is 0 Å². The predicted molar refractivity (Wildman–Crippen MR) is 110 cm³/mol. The summed E-state index contributed by atoms with van der Waals surface area (Å²) < 4.78 is 5.53. The van der Waals surface area contributed by atoms with E-state index in [9.17, 15) is 9.59 Å². The highest BCUT2D eigenvalue weighted by Gasteiger charge is 2.21. The fourth-order valence-electron chi connectivity index (χ4n) is 3.17. The van der Waals surface area contributed by atoms with E-state index in [4.69, 9.17) is 4.42 Å². The quantitative estimate of drug-likeness (QED) is 0.633. The molecule has 144 valence electrons. The summed E-state index contributed by atoms with van der Waals surface area (Å²) in [5, 5.41) is 10.5. The Bertz CT molecular complexity index is 1110. The van der Waals surface area contributed by atoms with Gasteiger partial charge in [-0.1, -0.05) is 23.0 Å². The summed E-state index contributed by atoms with van der Waals surface area (Å²) >= 11 is 1.56.